The second kappa shape index (κ2) is 21.9. The molecule has 336 valence electrons. The van der Waals surface area contributed by atoms with Gasteiger partial charge in [-0.1, -0.05) is 172 Å². The molecule has 65 heavy (non-hydrogen) atoms. The third-order valence-corrected chi connectivity index (χ3v) is 16.0. The van der Waals surface area contributed by atoms with Crippen LogP contribution in [0.3, 0.4) is 0 Å². The first-order chi connectivity index (χ1) is 31.4. The monoisotopic (exact) mass is 888 g/mol. The quantitative estimate of drug-likeness (QED) is 0.0689. The number of hydrogen-bond acceptors (Lipinski definition) is 8. The standard InChI is InChI=1S/C56H60O8Si/c1-56(2,3)65(4,5)64-51-34-47(59-36-41-21-11-6-12-22-41)33-50(60-37-42-23-13-7-14-24-42)48(51)35-49(57)54(58)46-31-52(61-38-43-25-15-8-16-26-43)55(63-40-45-29-19-10-20-30-45)53(32-46)62-39-44-27-17-9-18-28-44/h6-34,49,54,57-58H,35-40H2,1-5H3/t49-,54-/m0/s1. The summed E-state index contributed by atoms with van der Waals surface area (Å²) < 4.78 is 39.6. The van der Waals surface area contributed by atoms with Crippen LogP contribution in [0.1, 0.15) is 65.8 Å². The van der Waals surface area contributed by atoms with Crippen molar-refractivity contribution in [2.45, 2.75) is 90.6 Å². The summed E-state index contributed by atoms with van der Waals surface area (Å²) in [5.41, 5.74) is 5.87. The van der Waals surface area contributed by atoms with E-state index in [1.807, 2.05) is 164 Å². The van der Waals surface area contributed by atoms with Crippen LogP contribution in [0.4, 0.5) is 0 Å². The van der Waals surface area contributed by atoms with Crippen molar-refractivity contribution in [2.24, 2.45) is 0 Å². The van der Waals surface area contributed by atoms with Crippen LogP contribution in [-0.4, -0.2) is 24.6 Å². The third-order valence-electron chi connectivity index (χ3n) is 11.7. The van der Waals surface area contributed by atoms with Crippen molar-refractivity contribution in [1.82, 2.24) is 0 Å². The van der Waals surface area contributed by atoms with E-state index in [4.69, 9.17) is 28.1 Å². The lowest BCUT2D eigenvalue weighted by Crippen LogP contribution is -2.44. The van der Waals surface area contributed by atoms with Gasteiger partial charge in [0.2, 0.25) is 14.1 Å². The van der Waals surface area contributed by atoms with Gasteiger partial charge in [-0.15, -0.1) is 0 Å². The van der Waals surface area contributed by atoms with E-state index in [9.17, 15) is 10.2 Å². The molecule has 0 aliphatic heterocycles. The van der Waals surface area contributed by atoms with E-state index in [0.717, 1.165) is 27.8 Å². The van der Waals surface area contributed by atoms with Gasteiger partial charge in [0.15, 0.2) is 11.5 Å². The number of rotatable bonds is 21. The highest BCUT2D eigenvalue weighted by Crippen LogP contribution is 2.45. The van der Waals surface area contributed by atoms with Crippen LogP contribution in [-0.2, 0) is 39.5 Å². The number of hydrogen-bond donors (Lipinski definition) is 2. The Morgan fingerprint density at radius 3 is 1.20 bits per heavy atom. The molecular weight excluding hydrogens is 829 g/mol. The molecule has 0 heterocycles. The third kappa shape index (κ3) is 13.0. The predicted octanol–water partition coefficient (Wildman–Crippen LogP) is 12.6. The molecule has 0 amide bonds. The van der Waals surface area contributed by atoms with E-state index in [2.05, 4.69) is 33.9 Å². The Kier molecular flexibility index (Phi) is 15.7. The van der Waals surface area contributed by atoms with Crippen LogP contribution < -0.4 is 28.1 Å². The number of benzene rings is 7. The van der Waals surface area contributed by atoms with Crippen LogP contribution in [0, 0.1) is 0 Å². The molecule has 8 nitrogen and oxygen atoms in total. The summed E-state index contributed by atoms with van der Waals surface area (Å²) in [6.07, 6.45) is -2.74. The maximum Gasteiger partial charge on any atom is 0.250 e. The first-order valence-electron chi connectivity index (χ1n) is 22.2. The Morgan fingerprint density at radius 2 is 0.800 bits per heavy atom. The molecule has 0 saturated carbocycles. The van der Waals surface area contributed by atoms with Gasteiger partial charge in [0.1, 0.15) is 56.4 Å². The summed E-state index contributed by atoms with van der Waals surface area (Å²) >= 11 is 0. The molecule has 0 spiro atoms. The highest BCUT2D eigenvalue weighted by Gasteiger charge is 2.40. The lowest BCUT2D eigenvalue weighted by Gasteiger charge is -2.37. The van der Waals surface area contributed by atoms with Crippen LogP contribution in [0.2, 0.25) is 18.1 Å². The van der Waals surface area contributed by atoms with Crippen LogP contribution in [0.5, 0.6) is 34.5 Å². The molecule has 0 saturated heterocycles. The molecule has 0 bridgehead atoms. The second-order valence-corrected chi connectivity index (χ2v) is 22.4. The molecule has 2 atom stereocenters. The first-order valence-corrected chi connectivity index (χ1v) is 25.1. The van der Waals surface area contributed by atoms with Crippen LogP contribution in [0.25, 0.3) is 0 Å². The van der Waals surface area contributed by atoms with E-state index < -0.39 is 20.5 Å². The molecule has 7 aromatic rings. The smallest absolute Gasteiger partial charge is 0.250 e. The largest absolute Gasteiger partial charge is 0.543 e. The highest BCUT2D eigenvalue weighted by molar-refractivity contribution is 6.74. The van der Waals surface area contributed by atoms with Gasteiger partial charge in [0.25, 0.3) is 0 Å². The van der Waals surface area contributed by atoms with E-state index in [0.29, 0.717) is 52.2 Å². The summed E-state index contributed by atoms with van der Waals surface area (Å²) in [6.45, 7) is 12.2. The van der Waals surface area contributed by atoms with E-state index in [1.165, 1.54) is 0 Å². The molecule has 2 N–H and O–H groups in total. The zero-order valence-corrected chi connectivity index (χ0v) is 39.0. The van der Waals surface area contributed by atoms with Gasteiger partial charge in [-0.05, 0) is 63.6 Å². The zero-order valence-electron chi connectivity index (χ0n) is 38.0. The zero-order chi connectivity index (χ0) is 45.7. The number of ether oxygens (including phenoxy) is 5. The molecule has 7 rings (SSSR count). The lowest BCUT2D eigenvalue weighted by molar-refractivity contribution is 0.0179. The summed E-state index contributed by atoms with van der Waals surface area (Å²) in [5, 5.41) is 24.4. The Bertz CT molecular complexity index is 2470. The van der Waals surface area contributed by atoms with Gasteiger partial charge >= 0.3 is 0 Å². The maximum atomic E-state index is 12.3. The highest BCUT2D eigenvalue weighted by atomic mass is 28.4. The molecule has 0 aliphatic rings. The Hall–Kier alpha value is -6.52. The van der Waals surface area contributed by atoms with Crippen molar-refractivity contribution in [3.05, 3.63) is 215 Å². The molecule has 0 fully saturated rings. The average molecular weight is 889 g/mol. The normalized spacial score (nSPS) is 12.5. The Balaban J connectivity index is 1.27. The Morgan fingerprint density at radius 1 is 0.446 bits per heavy atom. The van der Waals surface area contributed by atoms with Crippen molar-refractivity contribution in [2.75, 3.05) is 0 Å². The summed E-state index contributed by atoms with van der Waals surface area (Å²) in [7, 11) is -2.47. The number of aliphatic hydroxyl groups excluding tert-OH is 2. The van der Waals surface area contributed by atoms with Crippen LogP contribution >= 0.6 is 0 Å². The van der Waals surface area contributed by atoms with E-state index in [1.54, 1.807) is 12.1 Å². The average Bonchev–Trinajstić information content (AvgIpc) is 3.32. The van der Waals surface area contributed by atoms with Crippen molar-refractivity contribution in [3.63, 3.8) is 0 Å². The first kappa shape index (κ1) is 46.5. The van der Waals surface area contributed by atoms with Gasteiger partial charge in [-0.3, -0.25) is 0 Å². The maximum absolute atomic E-state index is 12.3. The fraction of sp³-hybridized carbons (Fsp3) is 0.250. The second-order valence-electron chi connectivity index (χ2n) is 17.7. The van der Waals surface area contributed by atoms with E-state index in [-0.39, 0.29) is 37.9 Å². The molecule has 0 aromatic heterocycles. The lowest BCUT2D eigenvalue weighted by atomic mass is 9.96. The Labute approximate surface area is 385 Å². The number of aliphatic hydroxyl groups is 2. The van der Waals surface area contributed by atoms with Crippen molar-refractivity contribution in [3.8, 4) is 34.5 Å². The van der Waals surface area contributed by atoms with Crippen molar-refractivity contribution in [1.29, 1.82) is 0 Å². The molecular formula is C56H60O8Si. The molecule has 0 radical (unpaired) electrons. The minimum absolute atomic E-state index is 0.0130. The van der Waals surface area contributed by atoms with Crippen LogP contribution in [0.15, 0.2) is 176 Å². The summed E-state index contributed by atoms with van der Waals surface area (Å²) in [4.78, 5) is 0. The van der Waals surface area contributed by atoms with Gasteiger partial charge in [-0.25, -0.2) is 0 Å². The minimum Gasteiger partial charge on any atom is -0.543 e. The molecule has 7 aromatic carbocycles. The molecule has 9 heteroatoms. The fourth-order valence-corrected chi connectivity index (χ4v) is 7.91. The van der Waals surface area contributed by atoms with Gasteiger partial charge in [0, 0.05) is 24.1 Å². The van der Waals surface area contributed by atoms with Crippen molar-refractivity contribution >= 4 is 8.32 Å². The topological polar surface area (TPSA) is 95.8 Å². The van der Waals surface area contributed by atoms with Crippen molar-refractivity contribution < 1.29 is 38.3 Å². The molecule has 0 unspecified atom stereocenters. The summed E-state index contributed by atoms with van der Waals surface area (Å²) in [6, 6.07) is 56.6. The SMILES string of the molecule is CC(C)(C)[Si](C)(C)Oc1cc(OCc2ccccc2)cc(OCc2ccccc2)c1C[C@H](O)[C@@H](O)c1cc(OCc2ccccc2)c(OCc2ccccc2)c(OCc2ccccc2)c1. The van der Waals surface area contributed by atoms with Gasteiger partial charge in [0.05, 0.1) is 6.10 Å². The summed E-state index contributed by atoms with van der Waals surface area (Å²) in [5.74, 6) is 2.72. The van der Waals surface area contributed by atoms with Gasteiger partial charge < -0.3 is 38.3 Å². The molecule has 0 aliphatic carbocycles. The minimum atomic E-state index is -2.47. The predicted molar refractivity (Wildman–Crippen MR) is 259 cm³/mol. The van der Waals surface area contributed by atoms with Gasteiger partial charge in [-0.2, -0.15) is 0 Å². The van der Waals surface area contributed by atoms with E-state index >= 15 is 0 Å². The fourth-order valence-electron chi connectivity index (χ4n) is 6.87.